The van der Waals surface area contributed by atoms with Crippen molar-refractivity contribution >= 4 is 15.7 Å². The largest absolute Gasteiger partial charge is 0.502 e. The van der Waals surface area contributed by atoms with E-state index in [1.165, 1.54) is 34.0 Å². The number of amides is 1. The van der Waals surface area contributed by atoms with Crippen molar-refractivity contribution < 1.29 is 31.8 Å². The Morgan fingerprint density at radius 2 is 1.81 bits per heavy atom. The Morgan fingerprint density at radius 1 is 1.03 bits per heavy atom. The van der Waals surface area contributed by atoms with Gasteiger partial charge in [0, 0.05) is 24.4 Å². The molecule has 6 rings (SSSR count). The first-order valence-electron chi connectivity index (χ1n) is 11.1. The summed E-state index contributed by atoms with van der Waals surface area (Å²) in [7, 11) is -4.09. The molecule has 0 bridgehead atoms. The molecule has 0 spiro atoms. The lowest BCUT2D eigenvalue weighted by Gasteiger charge is -2.51. The third-order valence-corrected chi connectivity index (χ3v) is 8.56. The fourth-order valence-electron chi connectivity index (χ4n) is 5.25. The number of hydrogen-bond acceptors (Lipinski definition) is 7. The van der Waals surface area contributed by atoms with Crippen LogP contribution >= 0.6 is 0 Å². The Balaban J connectivity index is 1.72. The molecule has 1 aromatic heterocycles. The molecule has 186 valence electrons. The van der Waals surface area contributed by atoms with Gasteiger partial charge in [0.25, 0.3) is 5.91 Å². The first-order valence-corrected chi connectivity index (χ1v) is 12.8. The van der Waals surface area contributed by atoms with E-state index in [1.54, 1.807) is 17.1 Å². The smallest absolute Gasteiger partial charge is 0.278 e. The van der Waals surface area contributed by atoms with Crippen LogP contribution in [0.2, 0.25) is 0 Å². The third kappa shape index (κ3) is 3.10. The molecular formula is C24H19F2N3O6S. The van der Waals surface area contributed by atoms with Crippen LogP contribution in [0.4, 0.5) is 8.78 Å². The monoisotopic (exact) mass is 515 g/mol. The maximum atomic E-state index is 15.1. The highest BCUT2D eigenvalue weighted by molar-refractivity contribution is 7.90. The second-order valence-corrected chi connectivity index (χ2v) is 10.7. The van der Waals surface area contributed by atoms with Crippen molar-refractivity contribution in [3.8, 4) is 5.75 Å². The van der Waals surface area contributed by atoms with E-state index in [4.69, 9.17) is 4.74 Å². The summed E-state index contributed by atoms with van der Waals surface area (Å²) in [6.07, 6.45) is 0.489. The summed E-state index contributed by atoms with van der Waals surface area (Å²) < 4.78 is 63.1. The number of aromatic nitrogens is 1. The van der Waals surface area contributed by atoms with Crippen LogP contribution in [0.3, 0.4) is 0 Å². The minimum atomic E-state index is -4.09. The van der Waals surface area contributed by atoms with E-state index >= 15 is 4.39 Å². The maximum Gasteiger partial charge on any atom is 0.278 e. The van der Waals surface area contributed by atoms with Gasteiger partial charge in [-0.25, -0.2) is 17.2 Å². The lowest BCUT2D eigenvalue weighted by atomic mass is 9.93. The molecule has 0 unspecified atom stereocenters. The van der Waals surface area contributed by atoms with E-state index in [0.717, 1.165) is 12.1 Å². The third-order valence-electron chi connectivity index (χ3n) is 6.85. The number of carbonyl (C=O) groups is 1. The van der Waals surface area contributed by atoms with Crippen LogP contribution in [-0.2, 0) is 20.3 Å². The van der Waals surface area contributed by atoms with Crippen molar-refractivity contribution in [3.05, 3.63) is 92.9 Å². The SMILES string of the molecule is O=C1c2c(O)c(=O)ccn2N([C@@H]2c3ccccc3S(=O)(=O)Cc3c2ccc(F)c3F)[C@@H]2COCCN12. The summed E-state index contributed by atoms with van der Waals surface area (Å²) >= 11 is 0. The summed E-state index contributed by atoms with van der Waals surface area (Å²) in [5, 5.41) is 12.2. The van der Waals surface area contributed by atoms with Crippen LogP contribution in [0.15, 0.2) is 58.4 Å². The van der Waals surface area contributed by atoms with Gasteiger partial charge in [0.2, 0.25) is 5.43 Å². The van der Waals surface area contributed by atoms with Gasteiger partial charge < -0.3 is 14.7 Å². The predicted molar refractivity (Wildman–Crippen MR) is 122 cm³/mol. The van der Waals surface area contributed by atoms with E-state index in [1.807, 2.05) is 0 Å². The second-order valence-electron chi connectivity index (χ2n) is 8.78. The lowest BCUT2D eigenvalue weighted by molar-refractivity contribution is -0.0197. The van der Waals surface area contributed by atoms with E-state index < -0.39 is 56.5 Å². The number of fused-ring (bicyclic) bond motifs is 4. The number of ether oxygens (including phenoxy) is 1. The molecule has 0 saturated carbocycles. The van der Waals surface area contributed by atoms with Crippen molar-refractivity contribution in [2.75, 3.05) is 24.8 Å². The molecule has 1 fully saturated rings. The van der Waals surface area contributed by atoms with Crippen molar-refractivity contribution in [1.29, 1.82) is 0 Å². The minimum Gasteiger partial charge on any atom is -0.502 e. The van der Waals surface area contributed by atoms with Crippen molar-refractivity contribution in [1.82, 2.24) is 9.58 Å². The van der Waals surface area contributed by atoms with E-state index in [-0.39, 0.29) is 47.0 Å². The second kappa shape index (κ2) is 7.87. The topological polar surface area (TPSA) is 109 Å². The number of aromatic hydroxyl groups is 1. The fraction of sp³-hybridized carbons (Fsp3) is 0.250. The molecule has 3 aliphatic heterocycles. The first kappa shape index (κ1) is 22.7. The van der Waals surface area contributed by atoms with Crippen LogP contribution in [-0.4, -0.2) is 54.9 Å². The minimum absolute atomic E-state index is 0.0164. The molecule has 0 aliphatic carbocycles. The van der Waals surface area contributed by atoms with Gasteiger partial charge in [-0.15, -0.1) is 0 Å². The van der Waals surface area contributed by atoms with Crippen molar-refractivity contribution in [2.24, 2.45) is 0 Å². The predicted octanol–water partition coefficient (Wildman–Crippen LogP) is 1.66. The van der Waals surface area contributed by atoms with E-state index in [2.05, 4.69) is 0 Å². The average molecular weight is 515 g/mol. The Morgan fingerprint density at radius 3 is 2.61 bits per heavy atom. The number of nitrogens with zero attached hydrogens (tertiary/aromatic N) is 3. The van der Waals surface area contributed by atoms with Gasteiger partial charge in [-0.05, 0) is 23.3 Å². The highest BCUT2D eigenvalue weighted by Crippen LogP contribution is 2.43. The molecule has 0 radical (unpaired) electrons. The highest BCUT2D eigenvalue weighted by Gasteiger charge is 2.47. The zero-order chi connectivity index (χ0) is 25.4. The molecule has 4 heterocycles. The molecule has 1 amide bonds. The number of hydrogen-bond donors (Lipinski definition) is 1. The zero-order valence-electron chi connectivity index (χ0n) is 18.6. The number of carbonyl (C=O) groups excluding carboxylic acids is 1. The Bertz CT molecular complexity index is 1610. The highest BCUT2D eigenvalue weighted by atomic mass is 32.2. The van der Waals surface area contributed by atoms with Crippen LogP contribution in [0.25, 0.3) is 0 Å². The number of rotatable bonds is 1. The quantitative estimate of drug-likeness (QED) is 0.525. The zero-order valence-corrected chi connectivity index (χ0v) is 19.4. The van der Waals surface area contributed by atoms with Gasteiger partial charge in [-0.3, -0.25) is 19.3 Å². The Kier molecular flexibility index (Phi) is 4.96. The summed E-state index contributed by atoms with van der Waals surface area (Å²) in [5.74, 6) is -4.60. The van der Waals surface area contributed by atoms with Crippen molar-refractivity contribution in [3.63, 3.8) is 0 Å². The van der Waals surface area contributed by atoms with Gasteiger partial charge in [-0.2, -0.15) is 0 Å². The molecule has 3 aromatic rings. The van der Waals surface area contributed by atoms with Crippen LogP contribution < -0.4 is 10.4 Å². The maximum absolute atomic E-state index is 15.1. The fourth-order valence-corrected chi connectivity index (χ4v) is 6.91. The molecule has 2 atom stereocenters. The Labute approximate surface area is 203 Å². The van der Waals surface area contributed by atoms with Crippen molar-refractivity contribution in [2.45, 2.75) is 22.9 Å². The number of benzene rings is 2. The molecule has 1 N–H and O–H groups in total. The van der Waals surface area contributed by atoms with Crippen LogP contribution in [0, 0.1) is 11.6 Å². The van der Waals surface area contributed by atoms with E-state index in [9.17, 15) is 27.5 Å². The molecule has 12 heteroatoms. The summed E-state index contributed by atoms with van der Waals surface area (Å²) in [6.45, 7) is 0.363. The van der Waals surface area contributed by atoms with Gasteiger partial charge >= 0.3 is 0 Å². The molecule has 3 aliphatic rings. The lowest BCUT2D eigenvalue weighted by Crippen LogP contribution is -2.66. The van der Waals surface area contributed by atoms with Gasteiger partial charge in [0.05, 0.1) is 29.9 Å². The first-order chi connectivity index (χ1) is 17.2. The number of morpholine rings is 1. The summed E-state index contributed by atoms with van der Waals surface area (Å²) in [5.41, 5.74) is -0.964. The Hall–Kier alpha value is -3.77. The van der Waals surface area contributed by atoms with Gasteiger partial charge in [0.15, 0.2) is 32.9 Å². The standard InChI is InChI=1S/C24H19F2N3O6S/c25-16-6-5-13-15(20(16)26)12-36(33,34)18-4-2-1-3-14(18)21(13)29-19-11-35-10-9-27(19)24(32)22-23(31)17(30)7-8-28(22)29/h1-8,19,21,31H,9-12H2/t19-,21+/m1/s1. The summed E-state index contributed by atoms with van der Waals surface area (Å²) in [6, 6.07) is 8.40. The molecular weight excluding hydrogens is 496 g/mol. The molecule has 1 saturated heterocycles. The molecule has 36 heavy (non-hydrogen) atoms. The molecule has 2 aromatic carbocycles. The van der Waals surface area contributed by atoms with E-state index in [0.29, 0.717) is 0 Å². The van der Waals surface area contributed by atoms with Gasteiger partial charge in [-0.1, -0.05) is 24.3 Å². The summed E-state index contributed by atoms with van der Waals surface area (Å²) in [4.78, 5) is 26.9. The number of pyridine rings is 1. The van der Waals surface area contributed by atoms with Crippen LogP contribution in [0.5, 0.6) is 5.75 Å². The normalized spacial score (nSPS) is 22.2. The van der Waals surface area contributed by atoms with Crippen LogP contribution in [0.1, 0.15) is 33.2 Å². The number of sulfone groups is 1. The number of halogens is 2. The average Bonchev–Trinajstić information content (AvgIpc) is 2.96. The molecule has 9 nitrogen and oxygen atoms in total. The van der Waals surface area contributed by atoms with Gasteiger partial charge in [0.1, 0.15) is 6.17 Å².